The van der Waals surface area contributed by atoms with Crippen LogP contribution in [0.5, 0.6) is 11.5 Å². The Balaban J connectivity index is 1.34. The maximum Gasteiger partial charge on any atom is 0.343 e. The van der Waals surface area contributed by atoms with Gasteiger partial charge in [0.1, 0.15) is 5.82 Å². The quantitative estimate of drug-likeness (QED) is 0.117. The highest BCUT2D eigenvalue weighted by Crippen LogP contribution is 2.29. The van der Waals surface area contributed by atoms with Crippen molar-refractivity contribution < 1.29 is 23.5 Å². The lowest BCUT2D eigenvalue weighted by molar-refractivity contribution is -0.118. The van der Waals surface area contributed by atoms with Gasteiger partial charge in [-0.05, 0) is 67.1 Å². The summed E-state index contributed by atoms with van der Waals surface area (Å²) in [5, 5.41) is 4.63. The predicted molar refractivity (Wildman–Crippen MR) is 132 cm³/mol. The van der Waals surface area contributed by atoms with Crippen molar-refractivity contribution in [2.24, 2.45) is 5.10 Å². The van der Waals surface area contributed by atoms with Crippen molar-refractivity contribution >= 4 is 40.9 Å². The van der Waals surface area contributed by atoms with Crippen LogP contribution >= 0.6 is 11.8 Å². The normalized spacial score (nSPS) is 11.0. The first kappa shape index (κ1) is 24.0. The summed E-state index contributed by atoms with van der Waals surface area (Å²) in [7, 11) is 0. The second-order valence-electron chi connectivity index (χ2n) is 7.18. The Hall–Kier alpha value is -4.18. The fourth-order valence-corrected chi connectivity index (χ4v) is 3.72. The molecule has 0 atom stereocenters. The number of rotatable bonds is 9. The third-order valence-corrected chi connectivity index (χ3v) is 5.53. The van der Waals surface area contributed by atoms with Crippen LogP contribution in [0.2, 0.25) is 0 Å². The first-order valence-electron chi connectivity index (χ1n) is 10.7. The molecule has 0 aliphatic carbocycles. The number of carbonyl (C=O) groups excluding carboxylic acids is 2. The van der Waals surface area contributed by atoms with E-state index < -0.39 is 11.8 Å². The van der Waals surface area contributed by atoms with E-state index in [0.29, 0.717) is 23.1 Å². The number of amides is 1. The van der Waals surface area contributed by atoms with Crippen LogP contribution in [0.25, 0.3) is 11.0 Å². The molecule has 0 unspecified atom stereocenters. The molecule has 0 aliphatic heterocycles. The van der Waals surface area contributed by atoms with Gasteiger partial charge in [-0.1, -0.05) is 23.9 Å². The van der Waals surface area contributed by atoms with E-state index in [0.717, 1.165) is 11.0 Å². The van der Waals surface area contributed by atoms with Gasteiger partial charge in [-0.2, -0.15) is 5.10 Å². The van der Waals surface area contributed by atoms with Crippen molar-refractivity contribution in [3.63, 3.8) is 0 Å². The number of hydrazone groups is 1. The molecule has 1 amide bonds. The summed E-state index contributed by atoms with van der Waals surface area (Å²) in [6.07, 6.45) is 1.46. The summed E-state index contributed by atoms with van der Waals surface area (Å²) < 4.78 is 24.1. The van der Waals surface area contributed by atoms with Crippen molar-refractivity contribution in [1.29, 1.82) is 0 Å². The van der Waals surface area contributed by atoms with Gasteiger partial charge in [0.05, 0.1) is 35.2 Å². The lowest BCUT2D eigenvalue weighted by atomic mass is 10.2. The van der Waals surface area contributed by atoms with E-state index >= 15 is 0 Å². The lowest BCUT2D eigenvalue weighted by Crippen LogP contribution is -2.19. The minimum Gasteiger partial charge on any atom is -0.490 e. The van der Waals surface area contributed by atoms with Crippen molar-refractivity contribution in [3.05, 3.63) is 83.7 Å². The highest BCUT2D eigenvalue weighted by molar-refractivity contribution is 7.99. The van der Waals surface area contributed by atoms with E-state index in [2.05, 4.69) is 20.5 Å². The molecule has 3 aromatic carbocycles. The number of halogens is 1. The van der Waals surface area contributed by atoms with Crippen molar-refractivity contribution in [1.82, 2.24) is 15.4 Å². The molecule has 0 fully saturated rings. The number of aromatic nitrogens is 2. The van der Waals surface area contributed by atoms with E-state index in [-0.39, 0.29) is 23.0 Å². The summed E-state index contributed by atoms with van der Waals surface area (Å²) >= 11 is 1.27. The largest absolute Gasteiger partial charge is 0.490 e. The number of thioether (sulfide) groups is 1. The molecule has 4 rings (SSSR count). The second kappa shape index (κ2) is 11.3. The van der Waals surface area contributed by atoms with Gasteiger partial charge in [0.2, 0.25) is 0 Å². The molecular weight excluding hydrogens is 471 g/mol. The van der Waals surface area contributed by atoms with Crippen LogP contribution in [0.1, 0.15) is 22.8 Å². The Labute approximate surface area is 204 Å². The van der Waals surface area contributed by atoms with E-state index in [9.17, 15) is 14.0 Å². The van der Waals surface area contributed by atoms with Gasteiger partial charge in [-0.3, -0.25) is 4.79 Å². The standard InChI is InChI=1S/C25H21FN4O4S/c1-2-33-22-13-16(7-12-21(22)34-24(32)17-8-10-18(26)11-9-17)14-27-30-23(31)15-35-25-28-19-5-3-4-6-20(19)29-25/h3-14H,2,15H2,1H3,(H,28,29)(H,30,31)/b27-14-. The second-order valence-corrected chi connectivity index (χ2v) is 8.14. The molecule has 1 heterocycles. The van der Waals surface area contributed by atoms with Gasteiger partial charge < -0.3 is 14.5 Å². The number of fused-ring (bicyclic) bond motifs is 1. The van der Waals surface area contributed by atoms with Crippen molar-refractivity contribution in [3.8, 4) is 11.5 Å². The number of imidazole rings is 1. The van der Waals surface area contributed by atoms with Gasteiger partial charge in [-0.25, -0.2) is 19.6 Å². The van der Waals surface area contributed by atoms with E-state index in [4.69, 9.17) is 9.47 Å². The Morgan fingerprint density at radius 3 is 2.69 bits per heavy atom. The number of esters is 1. The molecule has 0 spiro atoms. The van der Waals surface area contributed by atoms with E-state index in [1.165, 1.54) is 42.2 Å². The Kier molecular flexibility index (Phi) is 7.74. The lowest BCUT2D eigenvalue weighted by Gasteiger charge is -2.11. The van der Waals surface area contributed by atoms with Gasteiger partial charge in [0.25, 0.3) is 5.91 Å². The first-order valence-corrected chi connectivity index (χ1v) is 11.6. The Morgan fingerprint density at radius 2 is 1.91 bits per heavy atom. The minimum absolute atomic E-state index is 0.139. The van der Waals surface area contributed by atoms with Crippen LogP contribution in [0.3, 0.4) is 0 Å². The number of carbonyl (C=O) groups is 2. The molecule has 0 radical (unpaired) electrons. The molecule has 4 aromatic rings. The van der Waals surface area contributed by atoms with Crippen LogP contribution in [-0.2, 0) is 4.79 Å². The molecule has 35 heavy (non-hydrogen) atoms. The summed E-state index contributed by atoms with van der Waals surface area (Å²) in [5.41, 5.74) is 5.05. The molecule has 0 aliphatic rings. The zero-order valence-electron chi connectivity index (χ0n) is 18.7. The maximum absolute atomic E-state index is 13.1. The average Bonchev–Trinajstić information content (AvgIpc) is 3.28. The fraction of sp³-hybridized carbons (Fsp3) is 0.120. The number of hydrogen-bond acceptors (Lipinski definition) is 7. The molecule has 1 aromatic heterocycles. The molecule has 10 heteroatoms. The smallest absolute Gasteiger partial charge is 0.343 e. The van der Waals surface area contributed by atoms with Crippen LogP contribution in [0.4, 0.5) is 4.39 Å². The number of ether oxygens (including phenoxy) is 2. The van der Waals surface area contributed by atoms with E-state index in [1.54, 1.807) is 25.1 Å². The summed E-state index contributed by atoms with van der Waals surface area (Å²) in [4.78, 5) is 32.0. The molecule has 0 saturated carbocycles. The SMILES string of the molecule is CCOc1cc(/C=N\NC(=O)CSc2nc3ccccc3[nH]2)ccc1OC(=O)c1ccc(F)cc1. The number of para-hydroxylation sites is 2. The summed E-state index contributed by atoms with van der Waals surface area (Å²) in [6.45, 7) is 2.14. The Bertz CT molecular complexity index is 1340. The van der Waals surface area contributed by atoms with Gasteiger partial charge in [-0.15, -0.1) is 0 Å². The van der Waals surface area contributed by atoms with Crippen LogP contribution in [0, 0.1) is 5.82 Å². The summed E-state index contributed by atoms with van der Waals surface area (Å²) in [5.74, 6) is -0.688. The monoisotopic (exact) mass is 492 g/mol. The maximum atomic E-state index is 13.1. The summed E-state index contributed by atoms with van der Waals surface area (Å²) in [6, 6.07) is 17.5. The number of aromatic amines is 1. The van der Waals surface area contributed by atoms with Crippen molar-refractivity contribution in [2.75, 3.05) is 12.4 Å². The van der Waals surface area contributed by atoms with Crippen LogP contribution < -0.4 is 14.9 Å². The van der Waals surface area contributed by atoms with Crippen LogP contribution in [-0.4, -0.2) is 40.4 Å². The molecule has 8 nitrogen and oxygen atoms in total. The predicted octanol–water partition coefficient (Wildman–Crippen LogP) is 4.56. The molecular formula is C25H21FN4O4S. The number of hydrogen-bond donors (Lipinski definition) is 2. The molecule has 178 valence electrons. The zero-order valence-corrected chi connectivity index (χ0v) is 19.5. The van der Waals surface area contributed by atoms with Gasteiger partial charge in [0, 0.05) is 0 Å². The minimum atomic E-state index is -0.637. The van der Waals surface area contributed by atoms with Gasteiger partial charge in [0.15, 0.2) is 16.7 Å². The third-order valence-electron chi connectivity index (χ3n) is 4.66. The Morgan fingerprint density at radius 1 is 1.11 bits per heavy atom. The number of nitrogens with one attached hydrogen (secondary N) is 2. The zero-order chi connectivity index (χ0) is 24.6. The molecule has 0 bridgehead atoms. The van der Waals surface area contributed by atoms with Crippen molar-refractivity contribution in [2.45, 2.75) is 12.1 Å². The molecule has 2 N–H and O–H groups in total. The first-order chi connectivity index (χ1) is 17.0. The highest BCUT2D eigenvalue weighted by Gasteiger charge is 2.13. The van der Waals surface area contributed by atoms with E-state index in [1.807, 2.05) is 24.3 Å². The number of benzene rings is 3. The highest BCUT2D eigenvalue weighted by atomic mass is 32.2. The van der Waals surface area contributed by atoms with Gasteiger partial charge >= 0.3 is 5.97 Å². The molecule has 0 saturated heterocycles. The fourth-order valence-electron chi connectivity index (χ4n) is 3.05. The number of H-pyrrole nitrogens is 1. The number of nitrogens with zero attached hydrogens (tertiary/aromatic N) is 2. The third kappa shape index (κ3) is 6.45. The topological polar surface area (TPSA) is 106 Å². The van der Waals surface area contributed by atoms with Crippen LogP contribution in [0.15, 0.2) is 77.0 Å². The average molecular weight is 493 g/mol.